The largest absolute Gasteiger partial charge is 0.481 e. The van der Waals surface area contributed by atoms with Gasteiger partial charge in [-0.05, 0) is 43.0 Å². The highest BCUT2D eigenvalue weighted by Gasteiger charge is 2.22. The number of hydrogen-bond donors (Lipinski definition) is 0. The fourth-order valence-electron chi connectivity index (χ4n) is 3.22. The molecule has 0 amide bonds. The van der Waals surface area contributed by atoms with Crippen LogP contribution in [0.3, 0.4) is 0 Å². The molecule has 0 aliphatic carbocycles. The monoisotopic (exact) mass is 306 g/mol. The van der Waals surface area contributed by atoms with E-state index in [1.807, 2.05) is 6.20 Å². The van der Waals surface area contributed by atoms with E-state index in [0.717, 1.165) is 28.9 Å². The maximum atomic E-state index is 5.40. The van der Waals surface area contributed by atoms with E-state index in [0.29, 0.717) is 5.88 Å². The molecule has 0 radical (unpaired) electrons. The second-order valence-corrected chi connectivity index (χ2v) is 6.03. The van der Waals surface area contributed by atoms with Crippen molar-refractivity contribution in [3.8, 4) is 5.88 Å². The van der Waals surface area contributed by atoms with E-state index in [1.54, 1.807) is 7.11 Å². The van der Waals surface area contributed by atoms with E-state index in [-0.39, 0.29) is 0 Å². The van der Waals surface area contributed by atoms with Crippen molar-refractivity contribution in [1.82, 2.24) is 4.98 Å². The van der Waals surface area contributed by atoms with E-state index in [4.69, 9.17) is 4.74 Å². The summed E-state index contributed by atoms with van der Waals surface area (Å²) in [6.07, 6.45) is 4.06. The molecule has 3 rings (SSSR count). The lowest BCUT2D eigenvalue weighted by molar-refractivity contribution is 0.394. The van der Waals surface area contributed by atoms with Crippen LogP contribution in [0.2, 0.25) is 0 Å². The Hall–Kier alpha value is -2.55. The molecule has 0 unspecified atom stereocenters. The van der Waals surface area contributed by atoms with E-state index >= 15 is 0 Å². The standard InChI is InChI=1S/C20H22N2O/c1-13(2)18-12-22(11-16-8-6-7-9-17(16)18)19-14(3)10-21-20(23-5)15(19)4/h6-10,12H,1,11H2,2-5H3. The normalized spacial score (nSPS) is 13.4. The van der Waals surface area contributed by atoms with Crippen LogP contribution in [-0.4, -0.2) is 12.1 Å². The molecule has 0 bridgehead atoms. The number of aromatic nitrogens is 1. The van der Waals surface area contributed by atoms with Gasteiger partial charge >= 0.3 is 0 Å². The second kappa shape index (κ2) is 5.92. The van der Waals surface area contributed by atoms with Gasteiger partial charge in [0.05, 0.1) is 12.8 Å². The molecule has 2 aromatic rings. The van der Waals surface area contributed by atoms with Crippen LogP contribution in [0.5, 0.6) is 5.88 Å². The molecule has 2 heterocycles. The maximum absolute atomic E-state index is 5.40. The molecule has 0 saturated heterocycles. The first-order chi connectivity index (χ1) is 11.0. The molecule has 1 aliphatic rings. The van der Waals surface area contributed by atoms with Gasteiger partial charge in [0.25, 0.3) is 0 Å². The summed E-state index contributed by atoms with van der Waals surface area (Å²) in [5.41, 5.74) is 8.18. The summed E-state index contributed by atoms with van der Waals surface area (Å²) < 4.78 is 5.40. The number of benzene rings is 1. The molecule has 0 fully saturated rings. The Kier molecular flexibility index (Phi) is 3.95. The van der Waals surface area contributed by atoms with Crippen molar-refractivity contribution >= 4 is 11.3 Å². The predicted molar refractivity (Wildman–Crippen MR) is 95.7 cm³/mol. The van der Waals surface area contributed by atoms with Gasteiger partial charge in [-0.15, -0.1) is 0 Å². The highest BCUT2D eigenvalue weighted by Crippen LogP contribution is 2.37. The Labute approximate surface area is 137 Å². The second-order valence-electron chi connectivity index (χ2n) is 6.03. The highest BCUT2D eigenvalue weighted by molar-refractivity contribution is 5.84. The fourth-order valence-corrected chi connectivity index (χ4v) is 3.22. The van der Waals surface area contributed by atoms with Gasteiger partial charge in [-0.1, -0.05) is 30.8 Å². The first kappa shape index (κ1) is 15.3. The Balaban J connectivity index is 2.16. The summed E-state index contributed by atoms with van der Waals surface area (Å²) in [5.74, 6) is 0.676. The smallest absolute Gasteiger partial charge is 0.218 e. The Morgan fingerprint density at radius 2 is 2.00 bits per heavy atom. The number of aryl methyl sites for hydroxylation is 1. The minimum absolute atomic E-state index is 0.676. The Morgan fingerprint density at radius 1 is 1.26 bits per heavy atom. The molecule has 1 aromatic carbocycles. The van der Waals surface area contributed by atoms with Gasteiger partial charge < -0.3 is 9.64 Å². The summed E-state index contributed by atoms with van der Waals surface area (Å²) in [4.78, 5) is 6.64. The van der Waals surface area contributed by atoms with Crippen LogP contribution in [0.1, 0.15) is 29.2 Å². The lowest BCUT2D eigenvalue weighted by atomic mass is 9.92. The zero-order valence-electron chi connectivity index (χ0n) is 14.2. The van der Waals surface area contributed by atoms with Gasteiger partial charge in [0.1, 0.15) is 0 Å². The molecule has 1 aliphatic heterocycles. The summed E-state index contributed by atoms with van der Waals surface area (Å²) in [5, 5.41) is 0. The Morgan fingerprint density at radius 3 is 2.70 bits per heavy atom. The number of allylic oxidation sites excluding steroid dienone is 2. The van der Waals surface area contributed by atoms with Crippen molar-refractivity contribution in [3.63, 3.8) is 0 Å². The number of pyridine rings is 1. The molecule has 0 atom stereocenters. The average Bonchev–Trinajstić information content (AvgIpc) is 2.54. The van der Waals surface area contributed by atoms with Crippen molar-refractivity contribution in [3.05, 3.63) is 71.1 Å². The van der Waals surface area contributed by atoms with Crippen molar-refractivity contribution < 1.29 is 4.74 Å². The molecular formula is C20H22N2O. The highest BCUT2D eigenvalue weighted by atomic mass is 16.5. The number of rotatable bonds is 3. The molecule has 0 saturated carbocycles. The van der Waals surface area contributed by atoms with Crippen LogP contribution in [0, 0.1) is 13.8 Å². The summed E-state index contributed by atoms with van der Waals surface area (Å²) >= 11 is 0. The average molecular weight is 306 g/mol. The molecule has 0 spiro atoms. The Bertz CT molecular complexity index is 805. The molecule has 0 N–H and O–H groups in total. The van der Waals surface area contributed by atoms with Gasteiger partial charge in [-0.3, -0.25) is 0 Å². The van der Waals surface area contributed by atoms with Gasteiger partial charge in [-0.25, -0.2) is 4.98 Å². The van der Waals surface area contributed by atoms with Crippen molar-refractivity contribution in [2.45, 2.75) is 27.3 Å². The van der Waals surface area contributed by atoms with Crippen LogP contribution in [0.25, 0.3) is 5.57 Å². The third-order valence-electron chi connectivity index (χ3n) is 4.30. The number of nitrogens with zero attached hydrogens (tertiary/aromatic N) is 2. The molecule has 3 nitrogen and oxygen atoms in total. The molecule has 23 heavy (non-hydrogen) atoms. The SMILES string of the molecule is C=C(C)C1=CN(c2c(C)cnc(OC)c2C)Cc2ccccc21. The van der Waals surface area contributed by atoms with Crippen molar-refractivity contribution in [1.29, 1.82) is 0 Å². The fraction of sp³-hybridized carbons (Fsp3) is 0.250. The van der Waals surface area contributed by atoms with Crippen LogP contribution in [0.15, 0.2) is 48.8 Å². The lowest BCUT2D eigenvalue weighted by Gasteiger charge is -2.31. The third kappa shape index (κ3) is 2.63. The van der Waals surface area contributed by atoms with Gasteiger partial charge in [-0.2, -0.15) is 0 Å². The first-order valence-electron chi connectivity index (χ1n) is 7.75. The molecule has 1 aromatic heterocycles. The van der Waals surface area contributed by atoms with Gasteiger partial charge in [0, 0.05) is 30.1 Å². The summed E-state index contributed by atoms with van der Waals surface area (Å²) in [6, 6.07) is 8.52. The quantitative estimate of drug-likeness (QED) is 0.825. The molecule has 3 heteroatoms. The van der Waals surface area contributed by atoms with E-state index in [2.05, 4.69) is 67.7 Å². The number of methoxy groups -OCH3 is 1. The van der Waals surface area contributed by atoms with Crippen molar-refractivity contribution in [2.24, 2.45) is 0 Å². The van der Waals surface area contributed by atoms with Crippen LogP contribution in [0.4, 0.5) is 5.69 Å². The topological polar surface area (TPSA) is 25.4 Å². The summed E-state index contributed by atoms with van der Waals surface area (Å²) in [6.45, 7) is 11.2. The van der Waals surface area contributed by atoms with Crippen molar-refractivity contribution in [2.75, 3.05) is 12.0 Å². The minimum atomic E-state index is 0.676. The van der Waals surface area contributed by atoms with E-state index < -0.39 is 0 Å². The first-order valence-corrected chi connectivity index (χ1v) is 7.75. The zero-order chi connectivity index (χ0) is 16.6. The number of hydrogen-bond acceptors (Lipinski definition) is 3. The van der Waals surface area contributed by atoms with Gasteiger partial charge in [0.15, 0.2) is 0 Å². The predicted octanol–water partition coefficient (Wildman–Crippen LogP) is 4.64. The molecular weight excluding hydrogens is 284 g/mol. The number of anilines is 1. The number of ether oxygens (including phenoxy) is 1. The number of fused-ring (bicyclic) bond motifs is 1. The van der Waals surface area contributed by atoms with E-state index in [9.17, 15) is 0 Å². The summed E-state index contributed by atoms with van der Waals surface area (Å²) in [7, 11) is 1.66. The van der Waals surface area contributed by atoms with Gasteiger partial charge in [0.2, 0.25) is 5.88 Å². The van der Waals surface area contributed by atoms with Crippen LogP contribution < -0.4 is 9.64 Å². The zero-order valence-corrected chi connectivity index (χ0v) is 14.2. The van der Waals surface area contributed by atoms with E-state index in [1.165, 1.54) is 16.7 Å². The lowest BCUT2D eigenvalue weighted by Crippen LogP contribution is -2.23. The minimum Gasteiger partial charge on any atom is -0.481 e. The third-order valence-corrected chi connectivity index (χ3v) is 4.30. The van der Waals surface area contributed by atoms with Crippen LogP contribution >= 0.6 is 0 Å². The molecule has 118 valence electrons. The van der Waals surface area contributed by atoms with Crippen LogP contribution in [-0.2, 0) is 6.54 Å². The maximum Gasteiger partial charge on any atom is 0.218 e.